The highest BCUT2D eigenvalue weighted by Crippen LogP contribution is 2.31. The van der Waals surface area contributed by atoms with Gasteiger partial charge in [-0.2, -0.15) is 0 Å². The molecule has 3 aliphatic heterocycles. The number of hydrogen-bond donors (Lipinski definition) is 3. The van der Waals surface area contributed by atoms with E-state index in [4.69, 9.17) is 14.0 Å². The molecule has 0 radical (unpaired) electrons. The summed E-state index contributed by atoms with van der Waals surface area (Å²) < 4.78 is 45.9. The lowest BCUT2D eigenvalue weighted by Gasteiger charge is -2.25. The molecule has 2 aromatic rings. The van der Waals surface area contributed by atoms with E-state index in [0.29, 0.717) is 18.0 Å². The fourth-order valence-corrected chi connectivity index (χ4v) is 4.32. The third-order valence-corrected chi connectivity index (χ3v) is 6.04. The van der Waals surface area contributed by atoms with Crippen molar-refractivity contribution in [1.29, 1.82) is 0 Å². The largest absolute Gasteiger partial charge is 0.442 e. The lowest BCUT2D eigenvalue weighted by Crippen LogP contribution is -2.97. The van der Waals surface area contributed by atoms with Crippen LogP contribution in [0.2, 0.25) is 0 Å². The van der Waals surface area contributed by atoms with E-state index in [1.54, 1.807) is 30.9 Å². The number of amides is 2. The first-order valence-corrected chi connectivity index (χ1v) is 11.7. The molecule has 1 atom stereocenters. The van der Waals surface area contributed by atoms with Crippen LogP contribution in [0, 0.1) is 18.6 Å². The number of carbonyl (C=O) groups is 2. The molecule has 2 saturated heterocycles. The smallest absolute Gasteiger partial charge is 0.424 e. The van der Waals surface area contributed by atoms with Crippen LogP contribution in [0.25, 0.3) is 0 Å². The summed E-state index contributed by atoms with van der Waals surface area (Å²) in [5.74, 6) is -1.03. The Kier molecular flexibility index (Phi) is 6.96. The van der Waals surface area contributed by atoms with Gasteiger partial charge in [-0.15, -0.1) is 5.53 Å². The zero-order valence-corrected chi connectivity index (χ0v) is 20.0. The van der Waals surface area contributed by atoms with E-state index in [9.17, 15) is 9.59 Å². The standard InChI is InChI=1S/C22H26F2N8O5/c1-14-8-15(27-37-14)13-35-22(34)32-7-6-29(4-3-26-32)20-18(23)9-16(10-19(20)24)31-12-17(36-21(31)33)11-30-5-2-25-28-30/h2,5,8-10,17,25-26,28H,3-4,6-7,11-13H2,1H3/p+1/t17-/m0/s1. The number of halogens is 2. The maximum Gasteiger partial charge on any atom is 0.424 e. The molecule has 2 amide bonds. The monoisotopic (exact) mass is 521 g/mol. The predicted octanol–water partition coefficient (Wildman–Crippen LogP) is 0.320. The van der Waals surface area contributed by atoms with Gasteiger partial charge in [0.1, 0.15) is 36.4 Å². The number of anilines is 2. The Bertz CT molecular complexity index is 1170. The van der Waals surface area contributed by atoms with Gasteiger partial charge in [0.05, 0.1) is 31.2 Å². The molecular formula is C22H27F2N8O5+. The van der Waals surface area contributed by atoms with Gasteiger partial charge in [-0.05, 0) is 6.92 Å². The van der Waals surface area contributed by atoms with E-state index in [-0.39, 0.29) is 50.7 Å². The predicted molar refractivity (Wildman–Crippen MR) is 123 cm³/mol. The van der Waals surface area contributed by atoms with Crippen LogP contribution < -0.4 is 26.2 Å². The summed E-state index contributed by atoms with van der Waals surface area (Å²) in [6.45, 7) is 2.99. The number of hydrazine groups is 1. The molecular weight excluding hydrogens is 494 g/mol. The molecule has 0 aliphatic carbocycles. The van der Waals surface area contributed by atoms with Crippen molar-refractivity contribution in [3.05, 3.63) is 53.7 Å². The van der Waals surface area contributed by atoms with Crippen LogP contribution in [-0.2, 0) is 16.1 Å². The fourth-order valence-electron chi connectivity index (χ4n) is 4.32. The fraction of sp³-hybridized carbons (Fsp3) is 0.409. The van der Waals surface area contributed by atoms with Gasteiger partial charge in [-0.25, -0.2) is 39.2 Å². The van der Waals surface area contributed by atoms with E-state index >= 15 is 8.78 Å². The lowest BCUT2D eigenvalue weighted by molar-refractivity contribution is -0.822. The highest BCUT2D eigenvalue weighted by molar-refractivity contribution is 5.90. The van der Waals surface area contributed by atoms with Gasteiger partial charge in [0.25, 0.3) is 0 Å². The normalized spacial score (nSPS) is 19.8. The number of nitrogens with zero attached hydrogens (tertiary/aromatic N) is 5. The second-order valence-electron chi connectivity index (χ2n) is 8.71. The molecule has 37 heavy (non-hydrogen) atoms. The zero-order chi connectivity index (χ0) is 25.9. The van der Waals surface area contributed by atoms with Gasteiger partial charge in [0.15, 0.2) is 11.6 Å². The van der Waals surface area contributed by atoms with Gasteiger partial charge in [0, 0.05) is 37.8 Å². The quantitative estimate of drug-likeness (QED) is 0.457. The van der Waals surface area contributed by atoms with Crippen LogP contribution >= 0.6 is 0 Å². The SMILES string of the molecule is Cc1cc(COC(=O)N2CCN(c3c(F)cc(N4C[C@H](CN5C=CN[NH2+]5)OC4=O)cc3F)CCN2)no1. The molecule has 4 heterocycles. The van der Waals surface area contributed by atoms with Crippen molar-refractivity contribution in [2.24, 2.45) is 0 Å². The van der Waals surface area contributed by atoms with E-state index in [1.807, 2.05) is 5.01 Å². The van der Waals surface area contributed by atoms with E-state index in [2.05, 4.69) is 16.0 Å². The molecule has 198 valence electrons. The number of nitrogens with one attached hydrogen (secondary N) is 2. The summed E-state index contributed by atoms with van der Waals surface area (Å²) in [7, 11) is 0. The van der Waals surface area contributed by atoms with Crippen LogP contribution in [0.1, 0.15) is 11.5 Å². The summed E-state index contributed by atoms with van der Waals surface area (Å²) in [5.41, 5.74) is 7.85. The minimum absolute atomic E-state index is 0.0630. The van der Waals surface area contributed by atoms with Crippen molar-refractivity contribution in [1.82, 2.24) is 26.0 Å². The molecule has 5 rings (SSSR count). The zero-order valence-electron chi connectivity index (χ0n) is 20.0. The number of cyclic esters (lactones) is 1. The Morgan fingerprint density at radius 1 is 1.24 bits per heavy atom. The molecule has 1 aromatic carbocycles. The average molecular weight is 522 g/mol. The maximum atomic E-state index is 15.2. The minimum atomic E-state index is -0.816. The number of hydrogen-bond acceptors (Lipinski definition) is 10. The van der Waals surface area contributed by atoms with Crippen LogP contribution in [0.15, 0.2) is 35.1 Å². The van der Waals surface area contributed by atoms with Gasteiger partial charge >= 0.3 is 12.2 Å². The number of aromatic nitrogens is 1. The first kappa shape index (κ1) is 24.6. The van der Waals surface area contributed by atoms with Crippen molar-refractivity contribution >= 4 is 23.6 Å². The summed E-state index contributed by atoms with van der Waals surface area (Å²) in [5, 5.41) is 6.83. The second-order valence-corrected chi connectivity index (χ2v) is 8.71. The van der Waals surface area contributed by atoms with Crippen molar-refractivity contribution in [3.8, 4) is 0 Å². The topological polar surface area (TPSA) is 132 Å². The average Bonchev–Trinajstić information content (AvgIpc) is 3.56. The van der Waals surface area contributed by atoms with Crippen LogP contribution in [0.4, 0.5) is 29.7 Å². The number of nitrogens with two attached hydrogens (primary N) is 1. The summed E-state index contributed by atoms with van der Waals surface area (Å²) in [4.78, 5) is 27.5. The molecule has 2 fully saturated rings. The third-order valence-electron chi connectivity index (χ3n) is 6.04. The Balaban J connectivity index is 1.20. The second kappa shape index (κ2) is 10.5. The number of carbonyl (C=O) groups excluding carboxylic acids is 2. The Morgan fingerprint density at radius 2 is 2.05 bits per heavy atom. The summed E-state index contributed by atoms with van der Waals surface area (Å²) >= 11 is 0. The van der Waals surface area contributed by atoms with Gasteiger partial charge in [-0.3, -0.25) is 4.90 Å². The van der Waals surface area contributed by atoms with E-state index in [0.717, 1.165) is 12.1 Å². The number of aryl methyl sites for hydroxylation is 1. The van der Waals surface area contributed by atoms with Crippen molar-refractivity contribution in [2.45, 2.75) is 19.6 Å². The Hall–Kier alpha value is -4.11. The highest BCUT2D eigenvalue weighted by Gasteiger charge is 2.35. The third kappa shape index (κ3) is 5.51. The number of ether oxygens (including phenoxy) is 2. The van der Waals surface area contributed by atoms with Gasteiger partial charge in [-0.1, -0.05) is 5.16 Å². The van der Waals surface area contributed by atoms with Crippen molar-refractivity contribution in [2.75, 3.05) is 49.1 Å². The van der Waals surface area contributed by atoms with Crippen LogP contribution in [0.5, 0.6) is 0 Å². The molecule has 13 nitrogen and oxygen atoms in total. The summed E-state index contributed by atoms with van der Waals surface area (Å²) in [6.07, 6.45) is 1.76. The Morgan fingerprint density at radius 3 is 2.76 bits per heavy atom. The maximum absolute atomic E-state index is 15.2. The van der Waals surface area contributed by atoms with Crippen molar-refractivity contribution in [3.63, 3.8) is 0 Å². The molecule has 0 saturated carbocycles. The van der Waals surface area contributed by atoms with Crippen LogP contribution in [-0.4, -0.2) is 72.7 Å². The highest BCUT2D eigenvalue weighted by atomic mass is 19.1. The molecule has 4 N–H and O–H groups in total. The molecule has 1 aromatic heterocycles. The first-order chi connectivity index (χ1) is 17.9. The molecule has 15 heteroatoms. The van der Waals surface area contributed by atoms with Crippen LogP contribution in [0.3, 0.4) is 0 Å². The summed E-state index contributed by atoms with van der Waals surface area (Å²) in [6, 6.07) is 3.90. The molecule has 0 unspecified atom stereocenters. The van der Waals surface area contributed by atoms with Crippen molar-refractivity contribution < 1.29 is 37.9 Å². The lowest BCUT2D eigenvalue weighted by atomic mass is 10.2. The first-order valence-electron chi connectivity index (χ1n) is 11.7. The number of quaternary nitrogens is 1. The number of benzene rings is 1. The molecule has 0 bridgehead atoms. The minimum Gasteiger partial charge on any atom is -0.442 e. The van der Waals surface area contributed by atoms with E-state index < -0.39 is 29.9 Å². The molecule has 0 spiro atoms. The number of rotatable bonds is 6. The van der Waals surface area contributed by atoms with E-state index in [1.165, 1.54) is 14.8 Å². The van der Waals surface area contributed by atoms with Gasteiger partial charge < -0.3 is 18.9 Å². The molecule has 3 aliphatic rings. The van der Waals surface area contributed by atoms with Gasteiger partial charge in [0.2, 0.25) is 0 Å². The Labute approximate surface area is 210 Å².